The smallest absolute Gasteiger partial charge is 0.175 e. The summed E-state index contributed by atoms with van der Waals surface area (Å²) in [5.41, 5.74) is 0. The Bertz CT molecular complexity index is 65.3. The molecule has 0 aliphatic carbocycles. The summed E-state index contributed by atoms with van der Waals surface area (Å²) in [5.74, 6) is 0. The number of hydrogen-bond donors (Lipinski definition) is 1. The molecule has 0 bridgehead atoms. The van der Waals surface area contributed by atoms with E-state index in [0.29, 0.717) is 0 Å². The van der Waals surface area contributed by atoms with E-state index in [1.165, 1.54) is 0 Å². The fraction of sp³-hybridized carbons (Fsp3) is 0. The summed E-state index contributed by atoms with van der Waals surface area (Å²) in [6.45, 7) is 0. The Labute approximate surface area is 46.4 Å². The first kappa shape index (κ1) is 5.73. The Morgan fingerprint density at radius 2 is 2.33 bits per heavy atom. The van der Waals surface area contributed by atoms with E-state index in [4.69, 9.17) is 0 Å². The predicted octanol–water partition coefficient (Wildman–Crippen LogP) is -0.174. The van der Waals surface area contributed by atoms with Crippen molar-refractivity contribution in [2.24, 2.45) is 0 Å². The zero-order valence-electron chi connectivity index (χ0n) is 3.03. The summed E-state index contributed by atoms with van der Waals surface area (Å²) in [6.07, 6.45) is 3.64. The number of nitrogens with one attached hydrogen (secondary N) is 2. The molecule has 0 spiro atoms. The minimum atomic E-state index is 0. The summed E-state index contributed by atoms with van der Waals surface area (Å²) < 4.78 is 0. The molecule has 0 aliphatic heterocycles. The van der Waals surface area contributed by atoms with Gasteiger partial charge in [0, 0.05) is 6.07 Å². The third-order valence-corrected chi connectivity index (χ3v) is 0.442. The molecule has 1 rings (SSSR count). The van der Waals surface area contributed by atoms with Gasteiger partial charge in [-0.1, -0.05) is 0 Å². The average molecular weight is 133 g/mol. The van der Waals surface area contributed by atoms with Crippen LogP contribution in [0.3, 0.4) is 0 Å². The van der Waals surface area contributed by atoms with Gasteiger partial charge >= 0.3 is 17.1 Å². The fourth-order valence-electron chi connectivity index (χ4n) is 0.241. The van der Waals surface area contributed by atoms with Crippen molar-refractivity contribution in [3.63, 3.8) is 0 Å². The van der Waals surface area contributed by atoms with Crippen molar-refractivity contribution in [1.29, 1.82) is 0 Å². The van der Waals surface area contributed by atoms with Crippen LogP contribution < -0.4 is 5.10 Å². The minimum Gasteiger partial charge on any atom is -0.175 e. The SMILES string of the molecule is [Cu+2].c1c[nH][nH+]c1. The van der Waals surface area contributed by atoms with E-state index in [-0.39, 0.29) is 17.1 Å². The van der Waals surface area contributed by atoms with Gasteiger partial charge in [0.1, 0.15) is 0 Å². The fourth-order valence-corrected chi connectivity index (χ4v) is 0.241. The first-order valence-electron chi connectivity index (χ1n) is 1.49. The molecule has 2 nitrogen and oxygen atoms in total. The molecule has 0 saturated heterocycles. The normalized spacial score (nSPS) is 6.67. The van der Waals surface area contributed by atoms with Gasteiger partial charge in [0.05, 0.1) is 6.20 Å². The molecule has 1 aromatic rings. The van der Waals surface area contributed by atoms with E-state index in [1.807, 2.05) is 18.5 Å². The summed E-state index contributed by atoms with van der Waals surface area (Å²) in [5, 5.41) is 5.47. The van der Waals surface area contributed by atoms with Crippen LogP contribution >= 0.6 is 0 Å². The van der Waals surface area contributed by atoms with Crippen molar-refractivity contribution in [3.05, 3.63) is 18.5 Å². The van der Waals surface area contributed by atoms with Crippen LogP contribution in [0.2, 0.25) is 0 Å². The van der Waals surface area contributed by atoms with E-state index in [1.54, 1.807) is 0 Å². The Morgan fingerprint density at radius 1 is 1.50 bits per heavy atom. The van der Waals surface area contributed by atoms with E-state index in [9.17, 15) is 0 Å². The zero-order chi connectivity index (χ0) is 3.54. The van der Waals surface area contributed by atoms with Gasteiger partial charge in [-0.25, -0.2) is 0 Å². The van der Waals surface area contributed by atoms with Gasteiger partial charge in [-0.15, -0.1) is 5.10 Å². The van der Waals surface area contributed by atoms with Crippen molar-refractivity contribution in [2.45, 2.75) is 0 Å². The molecule has 1 aromatic heterocycles. The second-order valence-corrected chi connectivity index (χ2v) is 0.814. The molecule has 0 atom stereocenters. The molecule has 0 unspecified atom stereocenters. The molecule has 0 fully saturated rings. The van der Waals surface area contributed by atoms with Crippen molar-refractivity contribution in [3.8, 4) is 0 Å². The van der Waals surface area contributed by atoms with Crippen LogP contribution in [0.15, 0.2) is 18.5 Å². The molecular formula is C3H5CuN2+3. The number of rotatable bonds is 0. The van der Waals surface area contributed by atoms with Gasteiger partial charge < -0.3 is 0 Å². The molecular weight excluding hydrogens is 128 g/mol. The van der Waals surface area contributed by atoms with Crippen LogP contribution in [0.1, 0.15) is 0 Å². The Morgan fingerprint density at radius 3 is 2.50 bits per heavy atom. The molecule has 3 heteroatoms. The number of hydrogen-bond acceptors (Lipinski definition) is 0. The third-order valence-electron chi connectivity index (χ3n) is 0.442. The molecule has 1 heterocycles. The molecule has 6 heavy (non-hydrogen) atoms. The number of aromatic amines is 2. The Balaban J connectivity index is 0.000000250. The summed E-state index contributed by atoms with van der Waals surface area (Å²) >= 11 is 0. The van der Waals surface area contributed by atoms with Crippen molar-refractivity contribution >= 4 is 0 Å². The van der Waals surface area contributed by atoms with Crippen molar-refractivity contribution in [1.82, 2.24) is 5.10 Å². The molecule has 35 valence electrons. The van der Waals surface area contributed by atoms with Gasteiger partial charge in [0.15, 0.2) is 6.20 Å². The van der Waals surface area contributed by atoms with Crippen LogP contribution in [-0.2, 0) is 17.1 Å². The summed E-state index contributed by atoms with van der Waals surface area (Å²) in [4.78, 5) is 0. The molecule has 0 saturated carbocycles. The third kappa shape index (κ3) is 1.24. The molecule has 0 aliphatic rings. The quantitative estimate of drug-likeness (QED) is 0.475. The van der Waals surface area contributed by atoms with Crippen molar-refractivity contribution in [2.75, 3.05) is 0 Å². The van der Waals surface area contributed by atoms with E-state index in [2.05, 4.69) is 10.2 Å². The predicted molar refractivity (Wildman–Crippen MR) is 17.3 cm³/mol. The first-order valence-corrected chi connectivity index (χ1v) is 1.49. The largest absolute Gasteiger partial charge is 2.00 e. The molecule has 1 radical (unpaired) electrons. The maximum absolute atomic E-state index is 2.74. The van der Waals surface area contributed by atoms with E-state index < -0.39 is 0 Å². The Kier molecular flexibility index (Phi) is 2.81. The molecule has 2 N–H and O–H groups in total. The van der Waals surface area contributed by atoms with Crippen LogP contribution in [0.4, 0.5) is 0 Å². The number of H-pyrrole nitrogens is 2. The monoisotopic (exact) mass is 132 g/mol. The summed E-state index contributed by atoms with van der Waals surface area (Å²) in [6, 6.07) is 1.89. The topological polar surface area (TPSA) is 29.9 Å². The van der Waals surface area contributed by atoms with Crippen molar-refractivity contribution < 1.29 is 22.2 Å². The van der Waals surface area contributed by atoms with Crippen LogP contribution in [0.5, 0.6) is 0 Å². The van der Waals surface area contributed by atoms with Gasteiger partial charge in [0.2, 0.25) is 0 Å². The van der Waals surface area contributed by atoms with Crippen LogP contribution in [-0.4, -0.2) is 5.10 Å². The van der Waals surface area contributed by atoms with Gasteiger partial charge in [0.25, 0.3) is 0 Å². The maximum atomic E-state index is 2.74. The molecule has 0 amide bonds. The van der Waals surface area contributed by atoms with Gasteiger partial charge in [-0.2, -0.15) is 5.10 Å². The minimum absolute atomic E-state index is 0. The summed E-state index contributed by atoms with van der Waals surface area (Å²) in [7, 11) is 0. The van der Waals surface area contributed by atoms with Crippen LogP contribution in [0, 0.1) is 0 Å². The second-order valence-electron chi connectivity index (χ2n) is 0.814. The molecule has 0 aromatic carbocycles. The zero-order valence-corrected chi connectivity index (χ0v) is 3.98. The van der Waals surface area contributed by atoms with Gasteiger partial charge in [-0.3, -0.25) is 0 Å². The first-order chi connectivity index (χ1) is 2.50. The second kappa shape index (κ2) is 2.94. The van der Waals surface area contributed by atoms with Gasteiger partial charge in [-0.05, 0) is 0 Å². The number of aromatic nitrogens is 2. The van der Waals surface area contributed by atoms with Crippen LogP contribution in [0.25, 0.3) is 0 Å². The average Bonchev–Trinajstić information content (AvgIpc) is 1.76. The maximum Gasteiger partial charge on any atom is 2.00 e. The van der Waals surface area contributed by atoms with E-state index in [0.717, 1.165) is 0 Å². The Hall–Kier alpha value is -0.271. The standard InChI is InChI=1S/C3H4N2.Cu/c1-2-4-5-3-1;/h1-3H,(H,4,5);/q;+2/p+1. The van der Waals surface area contributed by atoms with E-state index >= 15 is 0 Å².